The summed E-state index contributed by atoms with van der Waals surface area (Å²) in [6.07, 6.45) is 0. The molecule has 3 aromatic rings. The van der Waals surface area contributed by atoms with Crippen molar-refractivity contribution >= 4 is 33.8 Å². The minimum absolute atomic E-state index is 0.00914. The summed E-state index contributed by atoms with van der Waals surface area (Å²) in [5, 5.41) is 20.0. The Bertz CT molecular complexity index is 1010. The van der Waals surface area contributed by atoms with Crippen molar-refractivity contribution in [3.8, 4) is 0 Å². The zero-order valence-electron chi connectivity index (χ0n) is 14.7. The summed E-state index contributed by atoms with van der Waals surface area (Å²) < 4.78 is 0. The molecule has 0 radical (unpaired) electrons. The molecule has 3 rings (SSSR count). The number of nitrogens with one attached hydrogen (secondary N) is 2. The van der Waals surface area contributed by atoms with Crippen molar-refractivity contribution in [1.82, 2.24) is 5.43 Å². The molecule has 0 unspecified atom stereocenters. The van der Waals surface area contributed by atoms with E-state index in [4.69, 9.17) is 0 Å². The number of carbonyl (C=O) groups excluding carboxylic acids is 1. The maximum absolute atomic E-state index is 12.1. The summed E-state index contributed by atoms with van der Waals surface area (Å²) in [5.74, 6) is -0.288. The van der Waals surface area contributed by atoms with Crippen molar-refractivity contribution < 1.29 is 9.72 Å². The average molecular weight is 362 g/mol. The average Bonchev–Trinajstić information content (AvgIpc) is 2.70. The van der Waals surface area contributed by atoms with E-state index in [0.29, 0.717) is 11.3 Å². The van der Waals surface area contributed by atoms with Crippen LogP contribution in [0.2, 0.25) is 0 Å². The smallest absolute Gasteiger partial charge is 0.269 e. The van der Waals surface area contributed by atoms with E-state index in [1.54, 1.807) is 19.1 Å². The molecule has 0 aliphatic heterocycles. The first kappa shape index (κ1) is 18.1. The number of nitro benzene ring substituents is 1. The van der Waals surface area contributed by atoms with Crippen LogP contribution in [-0.2, 0) is 4.79 Å². The Kier molecular flexibility index (Phi) is 5.41. The third-order valence-electron chi connectivity index (χ3n) is 4.07. The molecule has 0 spiro atoms. The quantitative estimate of drug-likeness (QED) is 0.397. The van der Waals surface area contributed by atoms with Crippen molar-refractivity contribution in [2.45, 2.75) is 6.92 Å². The summed E-state index contributed by atoms with van der Waals surface area (Å²) >= 11 is 0. The van der Waals surface area contributed by atoms with Gasteiger partial charge < -0.3 is 5.32 Å². The van der Waals surface area contributed by atoms with Gasteiger partial charge in [-0.2, -0.15) is 5.10 Å². The lowest BCUT2D eigenvalue weighted by Gasteiger charge is -2.09. The van der Waals surface area contributed by atoms with Crippen LogP contribution in [0.5, 0.6) is 0 Å². The summed E-state index contributed by atoms with van der Waals surface area (Å²) in [5.41, 5.74) is 4.63. The number of anilines is 1. The third-order valence-corrected chi connectivity index (χ3v) is 4.07. The van der Waals surface area contributed by atoms with E-state index in [0.717, 1.165) is 16.5 Å². The molecular formula is C20H18N4O3. The molecule has 0 atom stereocenters. The van der Waals surface area contributed by atoms with Gasteiger partial charge in [0.1, 0.15) is 0 Å². The summed E-state index contributed by atoms with van der Waals surface area (Å²) in [6.45, 7) is 1.80. The fourth-order valence-corrected chi connectivity index (χ4v) is 2.63. The lowest BCUT2D eigenvalue weighted by atomic mass is 10.1. The standard InChI is InChI=1S/C20H18N4O3/c1-14(15-9-11-17(12-10-15)24(26)27)22-23-20(25)13-21-19-8-4-6-16-5-2-3-7-18(16)19/h2-12,21H,13H2,1H3,(H,23,25)/b22-14-. The Balaban J connectivity index is 1.60. The van der Waals surface area contributed by atoms with Crippen LogP contribution >= 0.6 is 0 Å². The summed E-state index contributed by atoms with van der Waals surface area (Å²) in [4.78, 5) is 22.3. The number of nitro groups is 1. The Morgan fingerprint density at radius 3 is 2.48 bits per heavy atom. The van der Waals surface area contributed by atoms with Crippen LogP contribution in [0.25, 0.3) is 10.8 Å². The Labute approximate surface area is 155 Å². The lowest BCUT2D eigenvalue weighted by molar-refractivity contribution is -0.384. The molecule has 136 valence electrons. The first-order valence-corrected chi connectivity index (χ1v) is 8.34. The second-order valence-electron chi connectivity index (χ2n) is 5.92. The van der Waals surface area contributed by atoms with Gasteiger partial charge in [-0.3, -0.25) is 14.9 Å². The third kappa shape index (κ3) is 4.46. The van der Waals surface area contributed by atoms with E-state index >= 15 is 0 Å². The SMILES string of the molecule is C/C(=N/NC(=O)CNc1cccc2ccccc12)c1ccc([N+](=O)[O-])cc1. The molecule has 0 bridgehead atoms. The zero-order chi connectivity index (χ0) is 19.2. The van der Waals surface area contributed by atoms with E-state index in [-0.39, 0.29) is 18.1 Å². The highest BCUT2D eigenvalue weighted by atomic mass is 16.6. The molecule has 0 aliphatic rings. The summed E-state index contributed by atoms with van der Waals surface area (Å²) in [6, 6.07) is 19.8. The molecule has 0 saturated heterocycles. The van der Waals surface area contributed by atoms with Crippen LogP contribution < -0.4 is 10.7 Å². The number of benzene rings is 3. The van der Waals surface area contributed by atoms with Crippen LogP contribution in [0.15, 0.2) is 71.8 Å². The zero-order valence-corrected chi connectivity index (χ0v) is 14.7. The van der Waals surface area contributed by atoms with Gasteiger partial charge in [-0.25, -0.2) is 5.43 Å². The van der Waals surface area contributed by atoms with E-state index in [9.17, 15) is 14.9 Å². The topological polar surface area (TPSA) is 96.6 Å². The molecular weight excluding hydrogens is 344 g/mol. The molecule has 0 aromatic heterocycles. The molecule has 3 aromatic carbocycles. The van der Waals surface area contributed by atoms with Crippen LogP contribution in [-0.4, -0.2) is 23.1 Å². The number of hydrogen-bond acceptors (Lipinski definition) is 5. The lowest BCUT2D eigenvalue weighted by Crippen LogP contribution is -2.26. The van der Waals surface area contributed by atoms with Gasteiger partial charge in [0.15, 0.2) is 0 Å². The minimum Gasteiger partial charge on any atom is -0.376 e. The second-order valence-corrected chi connectivity index (χ2v) is 5.92. The van der Waals surface area contributed by atoms with Crippen molar-refractivity contribution in [3.05, 3.63) is 82.4 Å². The van der Waals surface area contributed by atoms with Crippen LogP contribution in [0, 0.1) is 10.1 Å². The molecule has 1 amide bonds. The van der Waals surface area contributed by atoms with Crippen molar-refractivity contribution in [1.29, 1.82) is 0 Å². The van der Waals surface area contributed by atoms with Gasteiger partial charge in [0, 0.05) is 23.2 Å². The molecule has 0 heterocycles. The van der Waals surface area contributed by atoms with Gasteiger partial charge in [0.2, 0.25) is 0 Å². The molecule has 0 saturated carbocycles. The molecule has 0 aliphatic carbocycles. The Morgan fingerprint density at radius 1 is 1.04 bits per heavy atom. The van der Waals surface area contributed by atoms with E-state index in [1.165, 1.54) is 12.1 Å². The number of fused-ring (bicyclic) bond motifs is 1. The van der Waals surface area contributed by atoms with E-state index in [1.807, 2.05) is 42.5 Å². The van der Waals surface area contributed by atoms with Gasteiger partial charge >= 0.3 is 0 Å². The molecule has 0 fully saturated rings. The fourth-order valence-electron chi connectivity index (χ4n) is 2.63. The minimum atomic E-state index is -0.461. The molecule has 2 N–H and O–H groups in total. The predicted octanol–water partition coefficient (Wildman–Crippen LogP) is 3.70. The molecule has 27 heavy (non-hydrogen) atoms. The fraction of sp³-hybridized carbons (Fsp3) is 0.100. The van der Waals surface area contributed by atoms with Crippen molar-refractivity contribution in [3.63, 3.8) is 0 Å². The predicted molar refractivity (Wildman–Crippen MR) is 106 cm³/mol. The van der Waals surface area contributed by atoms with Gasteiger partial charge in [-0.05, 0) is 36.1 Å². The van der Waals surface area contributed by atoms with Crippen molar-refractivity contribution in [2.24, 2.45) is 5.10 Å². The summed E-state index contributed by atoms with van der Waals surface area (Å²) in [7, 11) is 0. The Morgan fingerprint density at radius 2 is 1.74 bits per heavy atom. The number of amides is 1. The number of rotatable bonds is 6. The number of hydrogen-bond donors (Lipinski definition) is 2. The first-order chi connectivity index (χ1) is 13.0. The van der Waals surface area contributed by atoms with E-state index < -0.39 is 4.92 Å². The number of non-ortho nitro benzene ring substituents is 1. The van der Waals surface area contributed by atoms with Crippen LogP contribution in [0.3, 0.4) is 0 Å². The van der Waals surface area contributed by atoms with Crippen LogP contribution in [0.1, 0.15) is 12.5 Å². The number of hydrazone groups is 1. The maximum atomic E-state index is 12.1. The largest absolute Gasteiger partial charge is 0.376 e. The maximum Gasteiger partial charge on any atom is 0.269 e. The normalized spacial score (nSPS) is 11.2. The molecule has 7 nitrogen and oxygen atoms in total. The second kappa shape index (κ2) is 8.09. The highest BCUT2D eigenvalue weighted by molar-refractivity contribution is 5.99. The highest BCUT2D eigenvalue weighted by Gasteiger charge is 2.07. The highest BCUT2D eigenvalue weighted by Crippen LogP contribution is 2.22. The monoisotopic (exact) mass is 362 g/mol. The van der Waals surface area contributed by atoms with Gasteiger partial charge in [0.05, 0.1) is 17.2 Å². The molecule has 7 heteroatoms. The van der Waals surface area contributed by atoms with Gasteiger partial charge in [-0.1, -0.05) is 36.4 Å². The van der Waals surface area contributed by atoms with Gasteiger partial charge in [0.25, 0.3) is 11.6 Å². The Hall–Kier alpha value is -3.74. The van der Waals surface area contributed by atoms with Crippen LogP contribution in [0.4, 0.5) is 11.4 Å². The van der Waals surface area contributed by atoms with Gasteiger partial charge in [-0.15, -0.1) is 0 Å². The van der Waals surface area contributed by atoms with E-state index in [2.05, 4.69) is 15.8 Å². The van der Waals surface area contributed by atoms with Crippen molar-refractivity contribution in [2.75, 3.05) is 11.9 Å². The number of carbonyl (C=O) groups is 1. The number of nitrogens with zero attached hydrogens (tertiary/aromatic N) is 2. The first-order valence-electron chi connectivity index (χ1n) is 8.34.